The highest BCUT2D eigenvalue weighted by molar-refractivity contribution is 7.22. The van der Waals surface area contributed by atoms with Gasteiger partial charge >= 0.3 is 6.18 Å². The van der Waals surface area contributed by atoms with E-state index in [1.54, 1.807) is 30.5 Å². The number of aromatic nitrogens is 1. The molecule has 96 valence electrons. The molecule has 0 saturated carbocycles. The van der Waals surface area contributed by atoms with E-state index in [-0.39, 0.29) is 5.39 Å². The van der Waals surface area contributed by atoms with E-state index >= 15 is 0 Å². The smallest absolute Gasteiger partial charge is 0.255 e. The standard InChI is InChI=1S/C14H8F3NS/c15-14(16,17)10-4-3-6-12-9(10)8-13(19-12)11-5-1-2-7-18-11/h1-8H. The van der Waals surface area contributed by atoms with Crippen LogP contribution in [0.1, 0.15) is 5.56 Å². The van der Waals surface area contributed by atoms with Crippen molar-refractivity contribution < 1.29 is 13.2 Å². The lowest BCUT2D eigenvalue weighted by molar-refractivity contribution is -0.136. The highest BCUT2D eigenvalue weighted by atomic mass is 32.1. The molecule has 5 heteroatoms. The van der Waals surface area contributed by atoms with Gasteiger partial charge < -0.3 is 0 Å². The lowest BCUT2D eigenvalue weighted by Crippen LogP contribution is -2.04. The van der Waals surface area contributed by atoms with Crippen molar-refractivity contribution >= 4 is 21.4 Å². The van der Waals surface area contributed by atoms with Crippen molar-refractivity contribution in [3.63, 3.8) is 0 Å². The van der Waals surface area contributed by atoms with Gasteiger partial charge in [0.05, 0.1) is 16.1 Å². The van der Waals surface area contributed by atoms with E-state index in [1.165, 1.54) is 17.4 Å². The van der Waals surface area contributed by atoms with Crippen molar-refractivity contribution in [2.75, 3.05) is 0 Å². The summed E-state index contributed by atoms with van der Waals surface area (Å²) in [6, 6.07) is 11.2. The van der Waals surface area contributed by atoms with Gasteiger partial charge in [0.1, 0.15) is 0 Å². The van der Waals surface area contributed by atoms with Crippen LogP contribution in [-0.2, 0) is 6.18 Å². The summed E-state index contributed by atoms with van der Waals surface area (Å²) in [7, 11) is 0. The van der Waals surface area contributed by atoms with E-state index < -0.39 is 11.7 Å². The molecule has 2 heterocycles. The number of pyridine rings is 1. The predicted octanol–water partition coefficient (Wildman–Crippen LogP) is 4.98. The zero-order valence-corrected chi connectivity index (χ0v) is 10.4. The number of benzene rings is 1. The molecule has 0 bridgehead atoms. The van der Waals surface area contributed by atoms with Crippen LogP contribution in [-0.4, -0.2) is 4.98 Å². The third-order valence-electron chi connectivity index (χ3n) is 2.78. The number of thiophene rings is 1. The maximum absolute atomic E-state index is 12.9. The Hall–Kier alpha value is -1.88. The minimum absolute atomic E-state index is 0.237. The third-order valence-corrected chi connectivity index (χ3v) is 3.91. The topological polar surface area (TPSA) is 12.9 Å². The molecule has 0 aliphatic carbocycles. The van der Waals surface area contributed by atoms with Gasteiger partial charge in [-0.25, -0.2) is 0 Å². The molecule has 0 fully saturated rings. The van der Waals surface area contributed by atoms with Gasteiger partial charge in [0.2, 0.25) is 0 Å². The fourth-order valence-electron chi connectivity index (χ4n) is 1.94. The summed E-state index contributed by atoms with van der Waals surface area (Å²) < 4.78 is 39.4. The van der Waals surface area contributed by atoms with E-state index in [2.05, 4.69) is 4.98 Å². The van der Waals surface area contributed by atoms with E-state index in [9.17, 15) is 13.2 Å². The minimum atomic E-state index is -4.33. The van der Waals surface area contributed by atoms with Crippen LogP contribution >= 0.6 is 11.3 Å². The molecule has 0 N–H and O–H groups in total. The summed E-state index contributed by atoms with van der Waals surface area (Å²) in [5.41, 5.74) is 0.0975. The second-order valence-corrected chi connectivity index (χ2v) is 5.12. The van der Waals surface area contributed by atoms with Crippen molar-refractivity contribution in [3.05, 3.63) is 54.2 Å². The van der Waals surface area contributed by atoms with Crippen LogP contribution in [0.4, 0.5) is 13.2 Å². The second kappa shape index (κ2) is 4.35. The summed E-state index contributed by atoms with van der Waals surface area (Å²) in [6.45, 7) is 0. The highest BCUT2D eigenvalue weighted by Crippen LogP contribution is 2.40. The van der Waals surface area contributed by atoms with Crippen LogP contribution in [0.15, 0.2) is 48.7 Å². The number of hydrogen-bond acceptors (Lipinski definition) is 2. The highest BCUT2D eigenvalue weighted by Gasteiger charge is 2.32. The summed E-state index contributed by atoms with van der Waals surface area (Å²) in [5.74, 6) is 0. The molecular formula is C14H8F3NS. The molecule has 1 aromatic carbocycles. The molecule has 19 heavy (non-hydrogen) atoms. The summed E-state index contributed by atoms with van der Waals surface area (Å²) in [5, 5.41) is 0.237. The maximum Gasteiger partial charge on any atom is 0.417 e. The fourth-order valence-corrected chi connectivity index (χ4v) is 3.01. The van der Waals surface area contributed by atoms with Crippen LogP contribution < -0.4 is 0 Å². The summed E-state index contributed by atoms with van der Waals surface area (Å²) >= 11 is 1.32. The first-order valence-electron chi connectivity index (χ1n) is 5.57. The van der Waals surface area contributed by atoms with Crippen LogP contribution in [0.2, 0.25) is 0 Å². The van der Waals surface area contributed by atoms with Crippen molar-refractivity contribution in [1.29, 1.82) is 0 Å². The first kappa shape index (κ1) is 12.2. The summed E-state index contributed by atoms with van der Waals surface area (Å²) in [4.78, 5) is 4.91. The van der Waals surface area contributed by atoms with Crippen LogP contribution in [0.5, 0.6) is 0 Å². The Bertz CT molecular complexity index is 716. The number of fused-ring (bicyclic) bond motifs is 1. The second-order valence-electron chi connectivity index (χ2n) is 4.04. The molecule has 1 nitrogen and oxygen atoms in total. The van der Waals surface area contributed by atoms with Gasteiger partial charge in [-0.15, -0.1) is 11.3 Å². The first-order valence-corrected chi connectivity index (χ1v) is 6.38. The minimum Gasteiger partial charge on any atom is -0.255 e. The number of rotatable bonds is 1. The van der Waals surface area contributed by atoms with Crippen LogP contribution in [0.25, 0.3) is 20.7 Å². The molecule has 3 aromatic rings. The molecule has 0 amide bonds. The van der Waals surface area contributed by atoms with Crippen molar-refractivity contribution in [2.24, 2.45) is 0 Å². The molecule has 2 aromatic heterocycles. The maximum atomic E-state index is 12.9. The van der Waals surface area contributed by atoms with Gasteiger partial charge in [-0.1, -0.05) is 12.1 Å². The van der Waals surface area contributed by atoms with Gasteiger partial charge in [0.15, 0.2) is 0 Å². The Morgan fingerprint density at radius 3 is 2.53 bits per heavy atom. The fraction of sp³-hybridized carbons (Fsp3) is 0.0714. The molecule has 0 spiro atoms. The van der Waals surface area contributed by atoms with E-state index in [0.29, 0.717) is 10.4 Å². The SMILES string of the molecule is FC(F)(F)c1cccc2sc(-c3ccccn3)cc12. The Balaban J connectivity index is 2.22. The van der Waals surface area contributed by atoms with Crippen molar-refractivity contribution in [2.45, 2.75) is 6.18 Å². The summed E-state index contributed by atoms with van der Waals surface area (Å²) in [6.07, 6.45) is -2.70. The quantitative estimate of drug-likeness (QED) is 0.612. The number of alkyl halides is 3. The van der Waals surface area contributed by atoms with Gasteiger partial charge in [-0.05, 0) is 30.3 Å². The Labute approximate surface area is 111 Å². The van der Waals surface area contributed by atoms with Crippen molar-refractivity contribution in [1.82, 2.24) is 4.98 Å². The molecule has 0 aliphatic heterocycles. The Morgan fingerprint density at radius 1 is 1.00 bits per heavy atom. The van der Waals surface area contributed by atoms with Gasteiger partial charge in [-0.2, -0.15) is 13.2 Å². The Kier molecular flexibility index (Phi) is 2.78. The normalized spacial score (nSPS) is 11.9. The van der Waals surface area contributed by atoms with E-state index in [1.807, 2.05) is 6.07 Å². The lowest BCUT2D eigenvalue weighted by Gasteiger charge is -2.06. The first-order chi connectivity index (χ1) is 9.05. The number of hydrogen-bond donors (Lipinski definition) is 0. The van der Waals surface area contributed by atoms with Crippen LogP contribution in [0.3, 0.4) is 0 Å². The molecular weight excluding hydrogens is 271 g/mol. The van der Waals surface area contributed by atoms with Gasteiger partial charge in [0, 0.05) is 16.3 Å². The molecule has 3 rings (SSSR count). The van der Waals surface area contributed by atoms with E-state index in [4.69, 9.17) is 0 Å². The zero-order valence-electron chi connectivity index (χ0n) is 9.61. The molecule has 0 radical (unpaired) electrons. The van der Waals surface area contributed by atoms with Gasteiger partial charge in [-0.3, -0.25) is 4.98 Å². The van der Waals surface area contributed by atoms with Crippen LogP contribution in [0, 0.1) is 0 Å². The number of nitrogens with zero attached hydrogens (tertiary/aromatic N) is 1. The molecule has 0 atom stereocenters. The van der Waals surface area contributed by atoms with Crippen molar-refractivity contribution in [3.8, 4) is 10.6 Å². The largest absolute Gasteiger partial charge is 0.417 e. The monoisotopic (exact) mass is 279 g/mol. The predicted molar refractivity (Wildman–Crippen MR) is 70.1 cm³/mol. The molecule has 0 saturated heterocycles. The van der Waals surface area contributed by atoms with Gasteiger partial charge in [0.25, 0.3) is 0 Å². The lowest BCUT2D eigenvalue weighted by atomic mass is 10.1. The zero-order chi connectivity index (χ0) is 13.5. The average Bonchev–Trinajstić information content (AvgIpc) is 2.82. The third kappa shape index (κ3) is 2.21. The number of halogens is 3. The molecule has 0 unspecified atom stereocenters. The van der Waals surface area contributed by atoms with E-state index in [0.717, 1.165) is 10.9 Å². The Morgan fingerprint density at radius 2 is 1.84 bits per heavy atom. The molecule has 0 aliphatic rings. The average molecular weight is 279 g/mol.